The minimum absolute atomic E-state index is 0.158. The first kappa shape index (κ1) is 28.3. The summed E-state index contributed by atoms with van der Waals surface area (Å²) >= 11 is 9.10. The van der Waals surface area contributed by atoms with Crippen molar-refractivity contribution in [1.82, 2.24) is 19.5 Å². The van der Waals surface area contributed by atoms with E-state index in [-0.39, 0.29) is 29.4 Å². The minimum atomic E-state index is -0.679. The first-order chi connectivity index (χ1) is 19.1. The molecule has 0 spiro atoms. The van der Waals surface area contributed by atoms with Crippen LogP contribution in [0, 0.1) is 5.41 Å². The van der Waals surface area contributed by atoms with Gasteiger partial charge >= 0.3 is 0 Å². The standard InChI is InChI=1S/C27H28ClN5O5S2/c1-27(2,3)26(36)33-25(39-16-18-4-5-23(28)40-18)10-20(30-33)19-13-32(14-22(34)17-12-29-38-15-17)24(35)11-21(19)31-6-8-37-9-7-31/h4-5,10-13,15H,6-9,14,16H2,1-3H3. The van der Waals surface area contributed by atoms with Crippen LogP contribution in [-0.4, -0.2) is 57.5 Å². The molecule has 4 aromatic heterocycles. The number of carbonyl (C=O) groups is 2. The second kappa shape index (κ2) is 11.7. The van der Waals surface area contributed by atoms with Crippen LogP contribution in [0.2, 0.25) is 4.34 Å². The maximum absolute atomic E-state index is 13.5. The van der Waals surface area contributed by atoms with Crippen molar-refractivity contribution in [2.75, 3.05) is 31.2 Å². The van der Waals surface area contributed by atoms with E-state index in [2.05, 4.69) is 10.1 Å². The van der Waals surface area contributed by atoms with Crippen molar-refractivity contribution >= 4 is 52.1 Å². The van der Waals surface area contributed by atoms with E-state index in [1.807, 2.05) is 39.0 Å². The van der Waals surface area contributed by atoms with Crippen molar-refractivity contribution in [2.24, 2.45) is 5.41 Å². The molecule has 210 valence electrons. The molecule has 0 atom stereocenters. The lowest BCUT2D eigenvalue weighted by atomic mass is 9.96. The summed E-state index contributed by atoms with van der Waals surface area (Å²) in [6.07, 6.45) is 4.21. The van der Waals surface area contributed by atoms with Crippen LogP contribution in [0.25, 0.3) is 11.3 Å². The van der Waals surface area contributed by atoms with E-state index in [0.29, 0.717) is 58.4 Å². The number of ketones is 1. The van der Waals surface area contributed by atoms with Crippen LogP contribution in [0.5, 0.6) is 0 Å². The molecule has 10 nitrogen and oxygen atoms in total. The highest BCUT2D eigenvalue weighted by molar-refractivity contribution is 7.98. The molecule has 0 bridgehead atoms. The fourth-order valence-electron chi connectivity index (χ4n) is 4.17. The van der Waals surface area contributed by atoms with E-state index in [9.17, 15) is 14.4 Å². The Labute approximate surface area is 243 Å². The molecule has 1 aliphatic heterocycles. The van der Waals surface area contributed by atoms with Gasteiger partial charge < -0.3 is 18.7 Å². The number of ether oxygens (including phenoxy) is 1. The number of hydrogen-bond donors (Lipinski definition) is 0. The Balaban J connectivity index is 1.58. The molecular formula is C27H28ClN5O5S2. The Morgan fingerprint density at radius 2 is 1.95 bits per heavy atom. The number of halogens is 1. The monoisotopic (exact) mass is 601 g/mol. The molecule has 1 saturated heterocycles. The lowest BCUT2D eigenvalue weighted by Crippen LogP contribution is -2.37. The largest absolute Gasteiger partial charge is 0.378 e. The second-order valence-corrected chi connectivity index (χ2v) is 13.1. The molecule has 40 heavy (non-hydrogen) atoms. The highest BCUT2D eigenvalue weighted by atomic mass is 35.5. The lowest BCUT2D eigenvalue weighted by Gasteiger charge is -2.30. The number of nitrogens with zero attached hydrogens (tertiary/aromatic N) is 5. The minimum Gasteiger partial charge on any atom is -0.378 e. The highest BCUT2D eigenvalue weighted by Gasteiger charge is 2.28. The SMILES string of the molecule is CC(C)(C)C(=O)n1nc(-c2cn(CC(=O)c3cnoc3)c(=O)cc2N2CCOCC2)cc1SCc1ccc(Cl)s1. The summed E-state index contributed by atoms with van der Waals surface area (Å²) in [4.78, 5) is 42.5. The predicted molar refractivity (Wildman–Crippen MR) is 155 cm³/mol. The molecule has 5 heterocycles. The number of pyridine rings is 1. The Bertz CT molecular complexity index is 1580. The maximum Gasteiger partial charge on any atom is 0.253 e. The summed E-state index contributed by atoms with van der Waals surface area (Å²) < 4.78 is 13.8. The third-order valence-corrected chi connectivity index (χ3v) is 8.76. The number of rotatable bonds is 8. The summed E-state index contributed by atoms with van der Waals surface area (Å²) in [5.74, 6) is 0.144. The van der Waals surface area contributed by atoms with Gasteiger partial charge in [-0.2, -0.15) is 9.78 Å². The van der Waals surface area contributed by atoms with Crippen molar-refractivity contribution < 1.29 is 18.8 Å². The van der Waals surface area contributed by atoms with Crippen molar-refractivity contribution in [3.63, 3.8) is 0 Å². The van der Waals surface area contributed by atoms with Crippen LogP contribution in [0.4, 0.5) is 5.69 Å². The number of Topliss-reactive ketones (excluding diaryl/α,β-unsaturated/α-hetero) is 1. The van der Waals surface area contributed by atoms with E-state index in [1.54, 1.807) is 6.20 Å². The molecule has 4 aromatic rings. The molecular weight excluding hydrogens is 574 g/mol. The number of hydrogen-bond acceptors (Lipinski definition) is 10. The molecule has 0 unspecified atom stereocenters. The van der Waals surface area contributed by atoms with Gasteiger partial charge in [-0.05, 0) is 18.2 Å². The summed E-state index contributed by atoms with van der Waals surface area (Å²) in [6.45, 7) is 7.58. The van der Waals surface area contributed by atoms with Gasteiger partial charge in [-0.25, -0.2) is 0 Å². The van der Waals surface area contributed by atoms with Gasteiger partial charge in [-0.15, -0.1) is 23.1 Å². The van der Waals surface area contributed by atoms with E-state index < -0.39 is 5.41 Å². The van der Waals surface area contributed by atoms with Crippen LogP contribution in [0.1, 0.15) is 40.8 Å². The average molecular weight is 602 g/mol. The molecule has 13 heteroatoms. The number of thioether (sulfide) groups is 1. The molecule has 0 N–H and O–H groups in total. The van der Waals surface area contributed by atoms with Gasteiger partial charge in [0, 0.05) is 47.0 Å². The maximum atomic E-state index is 13.5. The smallest absolute Gasteiger partial charge is 0.253 e. The average Bonchev–Trinajstić information content (AvgIpc) is 3.69. The van der Waals surface area contributed by atoms with Crippen LogP contribution < -0.4 is 10.5 Å². The fourth-order valence-corrected chi connectivity index (χ4v) is 6.30. The van der Waals surface area contributed by atoms with Crippen molar-refractivity contribution in [3.05, 3.63) is 68.1 Å². The molecule has 1 fully saturated rings. The van der Waals surface area contributed by atoms with E-state index in [4.69, 9.17) is 26.0 Å². The Morgan fingerprint density at radius 3 is 2.60 bits per heavy atom. The van der Waals surface area contributed by atoms with E-state index in [1.165, 1.54) is 50.9 Å². The number of morpholine rings is 1. The second-order valence-electron chi connectivity index (χ2n) is 10.3. The summed E-state index contributed by atoms with van der Waals surface area (Å²) in [5, 5.41) is 9.01. The van der Waals surface area contributed by atoms with E-state index >= 15 is 0 Å². The van der Waals surface area contributed by atoms with Crippen molar-refractivity contribution in [1.29, 1.82) is 0 Å². The zero-order valence-electron chi connectivity index (χ0n) is 22.3. The normalized spacial score (nSPS) is 14.1. The van der Waals surface area contributed by atoms with E-state index in [0.717, 1.165) is 4.88 Å². The fraction of sp³-hybridized carbons (Fsp3) is 0.370. The highest BCUT2D eigenvalue weighted by Crippen LogP contribution is 2.35. The summed E-state index contributed by atoms with van der Waals surface area (Å²) in [5.41, 5.74) is 1.11. The van der Waals surface area contributed by atoms with Gasteiger partial charge in [-0.3, -0.25) is 14.4 Å². The molecule has 0 radical (unpaired) electrons. The number of thiophene rings is 1. The van der Waals surface area contributed by atoms with Crippen LogP contribution in [-0.2, 0) is 17.0 Å². The topological polar surface area (TPSA) is 112 Å². The number of carbonyl (C=O) groups excluding carboxylic acids is 2. The zero-order valence-corrected chi connectivity index (χ0v) is 24.6. The molecule has 0 saturated carbocycles. The van der Waals surface area contributed by atoms with Gasteiger partial charge in [0.2, 0.25) is 0 Å². The predicted octanol–water partition coefficient (Wildman–Crippen LogP) is 5.11. The van der Waals surface area contributed by atoms with Gasteiger partial charge in [0.15, 0.2) is 5.78 Å². The van der Waals surface area contributed by atoms with Gasteiger partial charge in [0.1, 0.15) is 11.3 Å². The third-order valence-electron chi connectivity index (χ3n) is 6.30. The van der Waals surface area contributed by atoms with Gasteiger partial charge in [0.05, 0.1) is 47.2 Å². The lowest BCUT2D eigenvalue weighted by molar-refractivity contribution is 0.0736. The quantitative estimate of drug-likeness (QED) is 0.201. The van der Waals surface area contributed by atoms with Gasteiger partial charge in [-0.1, -0.05) is 37.5 Å². The molecule has 1 aliphatic rings. The first-order valence-corrected chi connectivity index (χ1v) is 14.8. The molecule has 0 aromatic carbocycles. The first-order valence-electron chi connectivity index (χ1n) is 12.6. The van der Waals surface area contributed by atoms with Crippen molar-refractivity contribution in [2.45, 2.75) is 38.1 Å². The van der Waals surface area contributed by atoms with Crippen LogP contribution in [0.3, 0.4) is 0 Å². The summed E-state index contributed by atoms with van der Waals surface area (Å²) in [7, 11) is 0. The van der Waals surface area contributed by atoms with Crippen LogP contribution in [0.15, 0.2) is 57.3 Å². The molecule has 0 amide bonds. The zero-order chi connectivity index (χ0) is 28.4. The Hall–Kier alpha value is -3.19. The Kier molecular flexibility index (Phi) is 8.31. The number of aromatic nitrogens is 4. The van der Waals surface area contributed by atoms with Crippen LogP contribution >= 0.6 is 34.7 Å². The van der Waals surface area contributed by atoms with Crippen molar-refractivity contribution in [3.8, 4) is 11.3 Å². The summed E-state index contributed by atoms with van der Waals surface area (Å²) in [6, 6.07) is 7.20. The van der Waals surface area contributed by atoms with Gasteiger partial charge in [0.25, 0.3) is 11.5 Å². The Morgan fingerprint density at radius 1 is 1.18 bits per heavy atom. The third kappa shape index (κ3) is 6.25. The molecule has 5 rings (SSSR count). The number of anilines is 1. The molecule has 0 aliphatic carbocycles.